The topological polar surface area (TPSA) is 46.6 Å². The summed E-state index contributed by atoms with van der Waals surface area (Å²) in [7, 11) is 0. The Labute approximate surface area is 116 Å². The minimum atomic E-state index is -0.259. The van der Waals surface area contributed by atoms with Crippen molar-refractivity contribution in [1.82, 2.24) is 4.90 Å². The molecule has 2 aliphatic heterocycles. The van der Waals surface area contributed by atoms with E-state index in [1.807, 2.05) is 18.7 Å². The normalized spacial score (nSPS) is 20.9. The lowest BCUT2D eigenvalue weighted by Crippen LogP contribution is -2.14. The lowest BCUT2D eigenvalue weighted by Gasteiger charge is -2.13. The van der Waals surface area contributed by atoms with E-state index in [1.54, 1.807) is 11.8 Å². The second kappa shape index (κ2) is 5.40. The molecule has 0 bridgehead atoms. The zero-order chi connectivity index (χ0) is 13.3. The molecule has 0 aromatic carbocycles. The molecule has 0 unspecified atom stereocenters. The van der Waals surface area contributed by atoms with Gasteiger partial charge in [-0.1, -0.05) is 0 Å². The van der Waals surface area contributed by atoms with Crippen LogP contribution in [0.4, 0.5) is 0 Å². The molecular weight excluding hydrogens is 270 g/mol. The molecule has 0 aliphatic carbocycles. The van der Waals surface area contributed by atoms with E-state index in [4.69, 9.17) is 4.74 Å². The van der Waals surface area contributed by atoms with E-state index in [0.717, 1.165) is 22.8 Å². The van der Waals surface area contributed by atoms with Crippen LogP contribution in [-0.4, -0.2) is 34.4 Å². The Kier molecular flexibility index (Phi) is 4.07. The summed E-state index contributed by atoms with van der Waals surface area (Å²) in [5.74, 6) is 0.466. The molecule has 0 atom stereocenters. The van der Waals surface area contributed by atoms with Crippen molar-refractivity contribution in [2.75, 3.05) is 12.3 Å². The Morgan fingerprint density at radius 3 is 2.83 bits per heavy atom. The molecule has 0 spiro atoms. The summed E-state index contributed by atoms with van der Waals surface area (Å²) in [6.45, 7) is 4.41. The molecule has 4 nitrogen and oxygen atoms in total. The highest BCUT2D eigenvalue weighted by Gasteiger charge is 2.35. The van der Waals surface area contributed by atoms with Gasteiger partial charge in [0.1, 0.15) is 0 Å². The fourth-order valence-corrected chi connectivity index (χ4v) is 3.39. The van der Waals surface area contributed by atoms with Crippen molar-refractivity contribution in [1.29, 1.82) is 0 Å². The second-order valence-electron chi connectivity index (χ2n) is 4.40. The molecule has 0 N–H and O–H groups in total. The van der Waals surface area contributed by atoms with Gasteiger partial charge >= 0.3 is 5.97 Å². The van der Waals surface area contributed by atoms with Gasteiger partial charge in [-0.15, -0.1) is 24.4 Å². The quantitative estimate of drug-likeness (QED) is 0.488. The van der Waals surface area contributed by atoms with Crippen LogP contribution in [0, 0.1) is 0 Å². The lowest BCUT2D eigenvalue weighted by molar-refractivity contribution is -0.142. The maximum atomic E-state index is 11.9. The molecule has 0 aromatic heterocycles. The molecule has 2 rings (SSSR count). The van der Waals surface area contributed by atoms with Crippen LogP contribution >= 0.6 is 24.4 Å². The molecular formula is C12H15NO3S2. The fraction of sp³-hybridized carbons (Fsp3) is 0.500. The molecule has 98 valence electrons. The van der Waals surface area contributed by atoms with E-state index in [9.17, 15) is 9.59 Å². The summed E-state index contributed by atoms with van der Waals surface area (Å²) >= 11 is 5.33. The summed E-state index contributed by atoms with van der Waals surface area (Å²) in [6, 6.07) is 0. The van der Waals surface area contributed by atoms with Gasteiger partial charge in [0.05, 0.1) is 16.7 Å². The molecule has 0 saturated carbocycles. The van der Waals surface area contributed by atoms with E-state index in [1.165, 1.54) is 6.08 Å². The molecule has 18 heavy (non-hydrogen) atoms. The SMILES string of the molecule is CC(C)OC(=O)C1=C2SCC(=CC(=O)S)N2CC1. The number of nitrogens with zero attached hydrogens (tertiary/aromatic N) is 1. The largest absolute Gasteiger partial charge is 0.460 e. The Bertz CT molecular complexity index is 454. The van der Waals surface area contributed by atoms with Gasteiger partial charge in [-0.3, -0.25) is 4.79 Å². The first kappa shape index (κ1) is 13.5. The smallest absolute Gasteiger partial charge is 0.336 e. The molecule has 0 aromatic rings. The fourth-order valence-electron chi connectivity index (χ4n) is 1.99. The number of carbonyl (C=O) groups excluding carboxylic acids is 2. The molecule has 2 heterocycles. The average molecular weight is 285 g/mol. The van der Waals surface area contributed by atoms with Crippen LogP contribution in [0.2, 0.25) is 0 Å². The van der Waals surface area contributed by atoms with E-state index >= 15 is 0 Å². The highest BCUT2D eigenvalue weighted by Crippen LogP contribution is 2.42. The first-order chi connectivity index (χ1) is 8.49. The molecule has 1 fully saturated rings. The van der Waals surface area contributed by atoms with Crippen LogP contribution in [0.3, 0.4) is 0 Å². The standard InChI is InChI=1S/C12H15NO3S2/c1-7(2)16-12(15)9-3-4-13-8(5-10(14)17)6-18-11(9)13/h5,7H,3-4,6H2,1-2H3,(H,14,17). The Morgan fingerprint density at radius 2 is 2.22 bits per heavy atom. The number of hydrogen-bond acceptors (Lipinski definition) is 5. The maximum Gasteiger partial charge on any atom is 0.336 e. The van der Waals surface area contributed by atoms with E-state index < -0.39 is 0 Å². The van der Waals surface area contributed by atoms with Crippen molar-refractivity contribution in [3.63, 3.8) is 0 Å². The number of carbonyl (C=O) groups is 2. The Morgan fingerprint density at radius 1 is 1.50 bits per heavy atom. The van der Waals surface area contributed by atoms with Crippen molar-refractivity contribution in [3.8, 4) is 0 Å². The van der Waals surface area contributed by atoms with E-state index in [2.05, 4.69) is 12.6 Å². The Balaban J connectivity index is 2.19. The maximum absolute atomic E-state index is 11.9. The van der Waals surface area contributed by atoms with Gasteiger partial charge in [-0.2, -0.15) is 0 Å². The minimum Gasteiger partial charge on any atom is -0.460 e. The van der Waals surface area contributed by atoms with E-state index in [0.29, 0.717) is 12.2 Å². The number of rotatable bonds is 3. The molecule has 2 aliphatic rings. The predicted octanol–water partition coefficient (Wildman–Crippen LogP) is 1.94. The van der Waals surface area contributed by atoms with Crippen molar-refractivity contribution < 1.29 is 14.3 Å². The van der Waals surface area contributed by atoms with Crippen molar-refractivity contribution >= 4 is 35.5 Å². The summed E-state index contributed by atoms with van der Waals surface area (Å²) in [5.41, 5.74) is 1.64. The van der Waals surface area contributed by atoms with E-state index in [-0.39, 0.29) is 17.2 Å². The number of thiol groups is 1. The summed E-state index contributed by atoms with van der Waals surface area (Å²) in [5, 5.41) is 0.673. The minimum absolute atomic E-state index is 0.111. The van der Waals surface area contributed by atoms with Crippen molar-refractivity contribution in [2.45, 2.75) is 26.4 Å². The van der Waals surface area contributed by atoms with Crippen LogP contribution in [0.5, 0.6) is 0 Å². The third-order valence-electron chi connectivity index (χ3n) is 2.67. The summed E-state index contributed by atoms with van der Waals surface area (Å²) in [6.07, 6.45) is 2.08. The predicted molar refractivity (Wildman–Crippen MR) is 74.1 cm³/mol. The number of thioether (sulfide) groups is 1. The lowest BCUT2D eigenvalue weighted by atomic mass is 10.2. The average Bonchev–Trinajstić information content (AvgIpc) is 2.79. The van der Waals surface area contributed by atoms with Gasteiger partial charge < -0.3 is 9.64 Å². The van der Waals surface area contributed by atoms with Crippen LogP contribution in [0.25, 0.3) is 0 Å². The van der Waals surface area contributed by atoms with Crippen molar-refractivity contribution in [2.24, 2.45) is 0 Å². The van der Waals surface area contributed by atoms with Crippen LogP contribution < -0.4 is 0 Å². The van der Waals surface area contributed by atoms with Gasteiger partial charge in [-0.05, 0) is 13.8 Å². The Hall–Kier alpha value is -0.880. The number of esters is 1. The van der Waals surface area contributed by atoms with Crippen LogP contribution in [0.1, 0.15) is 20.3 Å². The highest BCUT2D eigenvalue weighted by molar-refractivity contribution is 8.03. The first-order valence-electron chi connectivity index (χ1n) is 5.77. The third-order valence-corrected chi connectivity index (χ3v) is 3.98. The first-order valence-corrected chi connectivity index (χ1v) is 7.20. The number of ether oxygens (including phenoxy) is 1. The third kappa shape index (κ3) is 2.75. The van der Waals surface area contributed by atoms with Gasteiger partial charge in [0, 0.05) is 30.5 Å². The second-order valence-corrected chi connectivity index (χ2v) is 5.81. The van der Waals surface area contributed by atoms with Gasteiger partial charge in [0.2, 0.25) is 5.12 Å². The highest BCUT2D eigenvalue weighted by atomic mass is 32.2. The monoisotopic (exact) mass is 285 g/mol. The zero-order valence-electron chi connectivity index (χ0n) is 10.3. The molecule has 0 radical (unpaired) electrons. The molecule has 6 heteroatoms. The summed E-state index contributed by atoms with van der Waals surface area (Å²) in [4.78, 5) is 24.9. The molecule has 0 amide bonds. The number of fused-ring (bicyclic) bond motifs is 1. The van der Waals surface area contributed by atoms with Crippen LogP contribution in [0.15, 0.2) is 22.4 Å². The molecule has 1 saturated heterocycles. The summed E-state index contributed by atoms with van der Waals surface area (Å²) < 4.78 is 5.22. The van der Waals surface area contributed by atoms with Gasteiger partial charge in [-0.25, -0.2) is 4.79 Å². The zero-order valence-corrected chi connectivity index (χ0v) is 12.0. The van der Waals surface area contributed by atoms with Crippen molar-refractivity contribution in [3.05, 3.63) is 22.4 Å². The van der Waals surface area contributed by atoms with Gasteiger partial charge in [0.25, 0.3) is 0 Å². The number of hydrogen-bond donors (Lipinski definition) is 1. The van der Waals surface area contributed by atoms with Gasteiger partial charge in [0.15, 0.2) is 0 Å². The van der Waals surface area contributed by atoms with Crippen LogP contribution in [-0.2, 0) is 14.3 Å².